The minimum atomic E-state index is 0.256. The lowest BCUT2D eigenvalue weighted by molar-refractivity contribution is -0.116. The number of benzene rings is 1. The fraction of sp³-hybridized carbons (Fsp3) is 0.333. The first-order valence-corrected chi connectivity index (χ1v) is 4.73. The Hall–Kier alpha value is -1.11. The van der Waals surface area contributed by atoms with E-state index in [1.54, 1.807) is 6.42 Å². The van der Waals surface area contributed by atoms with Crippen molar-refractivity contribution in [1.82, 2.24) is 0 Å². The molecule has 0 aliphatic rings. The first kappa shape index (κ1) is 9.97. The maximum absolute atomic E-state index is 11.2. The van der Waals surface area contributed by atoms with Crippen LogP contribution in [0.1, 0.15) is 25.3 Å². The van der Waals surface area contributed by atoms with Crippen LogP contribution in [0.5, 0.6) is 0 Å². The van der Waals surface area contributed by atoms with Gasteiger partial charge in [0.1, 0.15) is 5.78 Å². The monoisotopic (exact) mass is 175 g/mol. The molecule has 0 aliphatic carbocycles. The van der Waals surface area contributed by atoms with Gasteiger partial charge in [-0.2, -0.15) is 0 Å². The second kappa shape index (κ2) is 5.52. The summed E-state index contributed by atoms with van der Waals surface area (Å²) in [5.74, 6) is 0.256. The molecule has 0 saturated carbocycles. The number of rotatable bonds is 5. The first-order chi connectivity index (χ1) is 6.33. The molecular formula is C12H15O. The van der Waals surface area contributed by atoms with Gasteiger partial charge in [0.05, 0.1) is 0 Å². The Morgan fingerprint density at radius 3 is 2.62 bits per heavy atom. The van der Waals surface area contributed by atoms with Crippen molar-refractivity contribution < 1.29 is 4.79 Å². The molecule has 0 bridgehead atoms. The van der Waals surface area contributed by atoms with Gasteiger partial charge in [-0.3, -0.25) is 4.79 Å². The summed E-state index contributed by atoms with van der Waals surface area (Å²) >= 11 is 0. The Labute approximate surface area is 79.8 Å². The molecule has 0 atom stereocenters. The Balaban J connectivity index is 2.31. The van der Waals surface area contributed by atoms with E-state index < -0.39 is 0 Å². The predicted octanol–water partition coefficient (Wildman–Crippen LogP) is 2.80. The zero-order chi connectivity index (χ0) is 9.52. The molecule has 0 aliphatic heterocycles. The number of hydrogen-bond acceptors (Lipinski definition) is 1. The predicted molar refractivity (Wildman–Crippen MR) is 54.4 cm³/mol. The molecule has 1 aromatic carbocycles. The Morgan fingerprint density at radius 2 is 2.00 bits per heavy atom. The molecule has 0 amide bonds. The van der Waals surface area contributed by atoms with Crippen LogP contribution in [0.2, 0.25) is 0 Å². The molecule has 0 heterocycles. The average molecular weight is 175 g/mol. The van der Waals surface area contributed by atoms with Gasteiger partial charge < -0.3 is 0 Å². The lowest BCUT2D eigenvalue weighted by Gasteiger charge is -1.98. The highest BCUT2D eigenvalue weighted by Crippen LogP contribution is 2.03. The van der Waals surface area contributed by atoms with Gasteiger partial charge in [0.25, 0.3) is 0 Å². The molecule has 69 valence electrons. The van der Waals surface area contributed by atoms with Crippen molar-refractivity contribution in [3.63, 3.8) is 0 Å². The van der Waals surface area contributed by atoms with Crippen LogP contribution in [0.3, 0.4) is 0 Å². The minimum Gasteiger partial charge on any atom is -0.299 e. The SMILES string of the molecule is CCCC(=O)[CH]Cc1ccccc1. The normalized spacial score (nSPS) is 9.92. The zero-order valence-corrected chi connectivity index (χ0v) is 7.99. The molecule has 1 heteroatoms. The summed E-state index contributed by atoms with van der Waals surface area (Å²) in [5, 5.41) is 0. The van der Waals surface area contributed by atoms with Gasteiger partial charge in [-0.05, 0) is 18.4 Å². The number of Topliss-reactive ketones (excluding diaryl/α,β-unsaturated/α-hetero) is 1. The second-order valence-electron chi connectivity index (χ2n) is 3.11. The maximum atomic E-state index is 11.2. The van der Waals surface area contributed by atoms with Crippen LogP contribution in [-0.2, 0) is 11.2 Å². The molecular weight excluding hydrogens is 160 g/mol. The first-order valence-electron chi connectivity index (χ1n) is 4.73. The lowest BCUT2D eigenvalue weighted by Crippen LogP contribution is -2.00. The Morgan fingerprint density at radius 1 is 1.31 bits per heavy atom. The van der Waals surface area contributed by atoms with Crippen LogP contribution in [0, 0.1) is 6.42 Å². The van der Waals surface area contributed by atoms with Gasteiger partial charge in [-0.15, -0.1) is 0 Å². The summed E-state index contributed by atoms with van der Waals surface area (Å²) in [6.45, 7) is 2.02. The highest BCUT2D eigenvalue weighted by Gasteiger charge is 2.00. The van der Waals surface area contributed by atoms with Crippen LogP contribution >= 0.6 is 0 Å². The van der Waals surface area contributed by atoms with E-state index >= 15 is 0 Å². The van der Waals surface area contributed by atoms with E-state index in [0.29, 0.717) is 6.42 Å². The van der Waals surface area contributed by atoms with E-state index in [9.17, 15) is 4.79 Å². The van der Waals surface area contributed by atoms with E-state index in [4.69, 9.17) is 0 Å². The fourth-order valence-corrected chi connectivity index (χ4v) is 1.19. The van der Waals surface area contributed by atoms with Crippen LogP contribution in [0.15, 0.2) is 30.3 Å². The van der Waals surface area contributed by atoms with Crippen molar-refractivity contribution in [2.75, 3.05) is 0 Å². The molecule has 1 rings (SSSR count). The highest BCUT2D eigenvalue weighted by atomic mass is 16.1. The van der Waals surface area contributed by atoms with Gasteiger partial charge >= 0.3 is 0 Å². The van der Waals surface area contributed by atoms with Gasteiger partial charge in [0, 0.05) is 12.8 Å². The number of carbonyl (C=O) groups is 1. The zero-order valence-electron chi connectivity index (χ0n) is 7.99. The molecule has 0 saturated heterocycles. The van der Waals surface area contributed by atoms with Crippen LogP contribution < -0.4 is 0 Å². The van der Waals surface area contributed by atoms with E-state index in [1.807, 2.05) is 37.3 Å². The van der Waals surface area contributed by atoms with E-state index in [2.05, 4.69) is 0 Å². The van der Waals surface area contributed by atoms with Gasteiger partial charge in [0.2, 0.25) is 0 Å². The molecule has 0 fully saturated rings. The lowest BCUT2D eigenvalue weighted by atomic mass is 10.1. The molecule has 1 nitrogen and oxygen atoms in total. The van der Waals surface area contributed by atoms with Crippen LogP contribution in [-0.4, -0.2) is 5.78 Å². The van der Waals surface area contributed by atoms with Crippen LogP contribution in [0.25, 0.3) is 0 Å². The number of hydrogen-bond donors (Lipinski definition) is 0. The summed E-state index contributed by atoms with van der Waals surface area (Å²) in [4.78, 5) is 11.2. The Bertz CT molecular complexity index is 251. The van der Waals surface area contributed by atoms with Crippen molar-refractivity contribution in [2.24, 2.45) is 0 Å². The summed E-state index contributed by atoms with van der Waals surface area (Å²) in [7, 11) is 0. The second-order valence-corrected chi connectivity index (χ2v) is 3.11. The molecule has 0 aromatic heterocycles. The van der Waals surface area contributed by atoms with Crippen molar-refractivity contribution in [3.8, 4) is 0 Å². The van der Waals surface area contributed by atoms with Crippen LogP contribution in [0.4, 0.5) is 0 Å². The quantitative estimate of drug-likeness (QED) is 0.672. The topological polar surface area (TPSA) is 17.1 Å². The third-order valence-electron chi connectivity index (χ3n) is 1.90. The average Bonchev–Trinajstić information content (AvgIpc) is 2.17. The molecule has 0 unspecified atom stereocenters. The molecule has 13 heavy (non-hydrogen) atoms. The van der Waals surface area contributed by atoms with Gasteiger partial charge in [-0.1, -0.05) is 37.3 Å². The standard InChI is InChI=1S/C12H15O/c1-2-6-12(13)10-9-11-7-4-3-5-8-11/h3-5,7-8,10H,2,6,9H2,1H3. The van der Waals surface area contributed by atoms with Crippen molar-refractivity contribution in [1.29, 1.82) is 0 Å². The van der Waals surface area contributed by atoms with Gasteiger partial charge in [0.15, 0.2) is 0 Å². The summed E-state index contributed by atoms with van der Waals surface area (Å²) in [6.07, 6.45) is 4.15. The van der Waals surface area contributed by atoms with Crippen molar-refractivity contribution in [3.05, 3.63) is 42.3 Å². The fourth-order valence-electron chi connectivity index (χ4n) is 1.19. The molecule has 1 aromatic rings. The molecule has 0 N–H and O–H groups in total. The number of carbonyl (C=O) groups excluding carboxylic acids is 1. The smallest absolute Gasteiger partial charge is 0.137 e. The Kier molecular flexibility index (Phi) is 4.24. The largest absolute Gasteiger partial charge is 0.299 e. The maximum Gasteiger partial charge on any atom is 0.137 e. The summed E-state index contributed by atoms with van der Waals surface area (Å²) in [5.41, 5.74) is 1.20. The summed E-state index contributed by atoms with van der Waals surface area (Å²) < 4.78 is 0. The third kappa shape index (κ3) is 3.88. The van der Waals surface area contributed by atoms with Crippen molar-refractivity contribution >= 4 is 5.78 Å². The third-order valence-corrected chi connectivity index (χ3v) is 1.90. The van der Waals surface area contributed by atoms with E-state index in [0.717, 1.165) is 12.8 Å². The highest BCUT2D eigenvalue weighted by molar-refractivity contribution is 5.87. The minimum absolute atomic E-state index is 0.256. The van der Waals surface area contributed by atoms with E-state index in [-0.39, 0.29) is 5.78 Å². The molecule has 0 spiro atoms. The van der Waals surface area contributed by atoms with Crippen molar-refractivity contribution in [2.45, 2.75) is 26.2 Å². The van der Waals surface area contributed by atoms with Gasteiger partial charge in [-0.25, -0.2) is 0 Å². The summed E-state index contributed by atoms with van der Waals surface area (Å²) in [6, 6.07) is 10.0. The molecule has 1 radical (unpaired) electrons. The number of ketones is 1. The van der Waals surface area contributed by atoms with E-state index in [1.165, 1.54) is 5.56 Å².